The minimum Gasteiger partial charge on any atom is -0.463 e. The number of aliphatic hydroxyl groups is 4. The van der Waals surface area contributed by atoms with Gasteiger partial charge >= 0.3 is 11.9 Å². The largest absolute Gasteiger partial charge is 0.463 e. The molecule has 1 fully saturated rings. The van der Waals surface area contributed by atoms with Gasteiger partial charge in [-0.2, -0.15) is 0 Å². The van der Waals surface area contributed by atoms with Crippen molar-refractivity contribution in [3.63, 3.8) is 0 Å². The van der Waals surface area contributed by atoms with Crippen molar-refractivity contribution in [2.24, 2.45) is 17.8 Å². The van der Waals surface area contributed by atoms with E-state index in [0.717, 1.165) is 44.4 Å². The second-order valence-corrected chi connectivity index (χ2v) is 15.6. The monoisotopic (exact) mass is 725 g/mol. The summed E-state index contributed by atoms with van der Waals surface area (Å²) in [7, 11) is 0. The molecule has 1 aliphatic rings. The maximum atomic E-state index is 12.6. The van der Waals surface area contributed by atoms with Crippen molar-refractivity contribution >= 4 is 17.7 Å². The lowest BCUT2D eigenvalue weighted by Gasteiger charge is -2.20. The molecule has 4 N–H and O–H groups in total. The first-order valence-corrected chi connectivity index (χ1v) is 20.8. The van der Waals surface area contributed by atoms with Crippen LogP contribution in [0.25, 0.3) is 0 Å². The third-order valence-corrected chi connectivity index (χ3v) is 10.2. The molecule has 0 aliphatic heterocycles. The van der Waals surface area contributed by atoms with Gasteiger partial charge in [0.1, 0.15) is 25.1 Å². The van der Waals surface area contributed by atoms with Crippen LogP contribution in [0.3, 0.4) is 0 Å². The number of carbonyl (C=O) groups is 3. The summed E-state index contributed by atoms with van der Waals surface area (Å²) in [5, 5.41) is 41.1. The summed E-state index contributed by atoms with van der Waals surface area (Å²) in [6.07, 6.45) is 23.3. The number of unbranched alkanes of at least 4 members (excludes halogenated alkanes) is 15. The maximum absolute atomic E-state index is 12.6. The fraction of sp³-hybridized carbons (Fsp3) is 0.881. The first-order valence-electron chi connectivity index (χ1n) is 20.8. The van der Waals surface area contributed by atoms with Crippen molar-refractivity contribution in [2.75, 3.05) is 13.2 Å². The average molecular weight is 725 g/mol. The average Bonchev–Trinajstić information content (AvgIpc) is 3.35. The number of hydrogen-bond donors (Lipinski definition) is 4. The quantitative estimate of drug-likeness (QED) is 0.0298. The molecule has 0 aromatic carbocycles. The van der Waals surface area contributed by atoms with Gasteiger partial charge in [0.05, 0.1) is 18.3 Å². The van der Waals surface area contributed by atoms with Gasteiger partial charge in [-0.25, -0.2) is 0 Å². The Morgan fingerprint density at radius 3 is 1.65 bits per heavy atom. The molecule has 6 atom stereocenters. The van der Waals surface area contributed by atoms with E-state index in [4.69, 9.17) is 9.47 Å². The summed E-state index contributed by atoms with van der Waals surface area (Å²) >= 11 is 0. The summed E-state index contributed by atoms with van der Waals surface area (Å²) in [5.74, 6) is -0.841. The van der Waals surface area contributed by atoms with E-state index < -0.39 is 36.3 Å². The van der Waals surface area contributed by atoms with Crippen molar-refractivity contribution in [1.29, 1.82) is 0 Å². The van der Waals surface area contributed by atoms with Gasteiger partial charge in [-0.1, -0.05) is 136 Å². The predicted octanol–water partition coefficient (Wildman–Crippen LogP) is 8.32. The van der Waals surface area contributed by atoms with Crippen LogP contribution in [0.4, 0.5) is 0 Å². The number of ketones is 1. The van der Waals surface area contributed by atoms with E-state index in [1.54, 1.807) is 12.2 Å². The SMILES string of the molecule is CCCCC[C@H](O)/C=C/[C@@H]1[C@@H](CC(=O)CCCCC(=O)OC[C@H](O)COC(=O)CCCCCCCCCCCCCCCC(C)C)[C@@H](O)C[C@H]1O. The summed E-state index contributed by atoms with van der Waals surface area (Å²) in [4.78, 5) is 36.8. The van der Waals surface area contributed by atoms with E-state index in [0.29, 0.717) is 25.7 Å². The fourth-order valence-corrected chi connectivity index (χ4v) is 6.91. The molecular formula is C42H76O9. The molecule has 0 heterocycles. The van der Waals surface area contributed by atoms with Gasteiger partial charge in [-0.05, 0) is 31.6 Å². The van der Waals surface area contributed by atoms with Gasteiger partial charge in [-0.15, -0.1) is 0 Å². The number of aliphatic hydroxyl groups excluding tert-OH is 4. The number of carbonyl (C=O) groups excluding carboxylic acids is 3. The van der Waals surface area contributed by atoms with Gasteiger partial charge in [-0.3, -0.25) is 14.4 Å². The van der Waals surface area contributed by atoms with Gasteiger partial charge in [0.15, 0.2) is 0 Å². The van der Waals surface area contributed by atoms with Crippen LogP contribution in [0.2, 0.25) is 0 Å². The molecule has 51 heavy (non-hydrogen) atoms. The van der Waals surface area contributed by atoms with E-state index in [-0.39, 0.29) is 56.6 Å². The Kier molecular flexibility index (Phi) is 28.4. The molecule has 9 heteroatoms. The Morgan fingerprint density at radius 1 is 0.647 bits per heavy atom. The van der Waals surface area contributed by atoms with E-state index in [9.17, 15) is 34.8 Å². The third-order valence-electron chi connectivity index (χ3n) is 10.2. The lowest BCUT2D eigenvalue weighted by molar-refractivity contribution is -0.152. The molecule has 298 valence electrons. The molecule has 0 bridgehead atoms. The van der Waals surface area contributed by atoms with Gasteiger partial charge < -0.3 is 29.9 Å². The molecule has 0 aromatic rings. The minimum atomic E-state index is -1.09. The third kappa shape index (κ3) is 25.7. The van der Waals surface area contributed by atoms with Crippen LogP contribution in [0.5, 0.6) is 0 Å². The number of hydrogen-bond acceptors (Lipinski definition) is 9. The van der Waals surface area contributed by atoms with E-state index >= 15 is 0 Å². The molecule has 1 saturated carbocycles. The van der Waals surface area contributed by atoms with Crippen molar-refractivity contribution in [3.8, 4) is 0 Å². The van der Waals surface area contributed by atoms with Crippen LogP contribution in [0, 0.1) is 17.8 Å². The molecule has 0 radical (unpaired) electrons. The Balaban J connectivity index is 2.04. The molecule has 1 aliphatic carbocycles. The molecule has 0 unspecified atom stereocenters. The summed E-state index contributed by atoms with van der Waals surface area (Å²) in [6, 6.07) is 0. The van der Waals surface area contributed by atoms with Gasteiger partial charge in [0, 0.05) is 43.9 Å². The molecule has 0 saturated heterocycles. The normalized spacial score (nSPS) is 20.2. The fourth-order valence-electron chi connectivity index (χ4n) is 6.91. The first kappa shape index (κ1) is 47.2. The van der Waals surface area contributed by atoms with Gasteiger partial charge in [0.25, 0.3) is 0 Å². The smallest absolute Gasteiger partial charge is 0.305 e. The van der Waals surface area contributed by atoms with Crippen molar-refractivity contribution < 1.29 is 44.3 Å². The highest BCUT2D eigenvalue weighted by Crippen LogP contribution is 2.36. The zero-order valence-corrected chi connectivity index (χ0v) is 32.6. The summed E-state index contributed by atoms with van der Waals surface area (Å²) < 4.78 is 10.2. The summed E-state index contributed by atoms with van der Waals surface area (Å²) in [6.45, 7) is 6.22. The zero-order chi connectivity index (χ0) is 37.7. The zero-order valence-electron chi connectivity index (χ0n) is 32.6. The van der Waals surface area contributed by atoms with Gasteiger partial charge in [0.2, 0.25) is 0 Å². The highest BCUT2D eigenvalue weighted by Gasteiger charge is 2.41. The first-order chi connectivity index (χ1) is 24.5. The Labute approximate surface area is 310 Å². The Morgan fingerprint density at radius 2 is 1.12 bits per heavy atom. The lowest BCUT2D eigenvalue weighted by Crippen LogP contribution is -2.25. The number of Topliss-reactive ketones (excluding diaryl/α,β-unsaturated/α-hetero) is 1. The van der Waals surface area contributed by atoms with Crippen LogP contribution in [0.1, 0.15) is 181 Å². The van der Waals surface area contributed by atoms with Crippen LogP contribution in [0.15, 0.2) is 12.2 Å². The van der Waals surface area contributed by atoms with E-state index in [2.05, 4.69) is 20.8 Å². The van der Waals surface area contributed by atoms with E-state index in [1.165, 1.54) is 70.6 Å². The molecular weight excluding hydrogens is 648 g/mol. The highest BCUT2D eigenvalue weighted by atomic mass is 16.6. The van der Waals surface area contributed by atoms with Crippen LogP contribution in [-0.2, 0) is 23.9 Å². The lowest BCUT2D eigenvalue weighted by atomic mass is 9.87. The standard InChI is InChI=1S/C42H76O9/c1-4-5-17-23-34(43)27-28-37-38(40(47)30-39(37)46)29-35(44)24-20-21-26-42(49)51-32-36(45)31-50-41(48)25-19-16-14-12-10-8-6-7-9-11-13-15-18-22-33(2)3/h27-28,33-34,36-40,43,45-47H,4-26,29-32H2,1-3H3/b28-27+/t34-,36+,37+,38+,39+,40-/m0/s1. The second kappa shape index (κ2) is 30.6. The van der Waals surface area contributed by atoms with Crippen LogP contribution >= 0.6 is 0 Å². The topological polar surface area (TPSA) is 151 Å². The maximum Gasteiger partial charge on any atom is 0.305 e. The van der Waals surface area contributed by atoms with Crippen molar-refractivity contribution in [3.05, 3.63) is 12.2 Å². The molecule has 9 nitrogen and oxygen atoms in total. The van der Waals surface area contributed by atoms with Crippen molar-refractivity contribution in [2.45, 2.75) is 206 Å². The molecule has 0 amide bonds. The van der Waals surface area contributed by atoms with Crippen LogP contribution in [-0.4, -0.2) is 75.8 Å². The second-order valence-electron chi connectivity index (χ2n) is 15.6. The Hall–Kier alpha value is -1.81. The number of rotatable bonds is 33. The summed E-state index contributed by atoms with van der Waals surface area (Å²) in [5.41, 5.74) is 0. The number of esters is 2. The molecule has 0 aromatic heterocycles. The predicted molar refractivity (Wildman–Crippen MR) is 203 cm³/mol. The minimum absolute atomic E-state index is 0.0419. The Bertz CT molecular complexity index is 920. The van der Waals surface area contributed by atoms with Crippen LogP contribution < -0.4 is 0 Å². The molecule has 1 rings (SSSR count). The van der Waals surface area contributed by atoms with Crippen molar-refractivity contribution in [1.82, 2.24) is 0 Å². The molecule has 0 spiro atoms. The highest BCUT2D eigenvalue weighted by molar-refractivity contribution is 5.79. The van der Waals surface area contributed by atoms with E-state index in [1.807, 2.05) is 0 Å². The number of ether oxygens (including phenoxy) is 2.